The smallest absolute Gasteiger partial charge is 0.129 e. The molecule has 0 aliphatic carbocycles. The Kier molecular flexibility index (Phi) is 4.40. The minimum atomic E-state index is 0.501. The number of rotatable bonds is 4. The van der Waals surface area contributed by atoms with E-state index in [1.165, 1.54) is 11.3 Å². The molecule has 3 heterocycles. The first-order chi connectivity index (χ1) is 10.3. The maximum absolute atomic E-state index is 4.48. The summed E-state index contributed by atoms with van der Waals surface area (Å²) in [5, 5.41) is 3.48. The van der Waals surface area contributed by atoms with E-state index >= 15 is 0 Å². The molecular weight excluding hydrogens is 262 g/mol. The lowest BCUT2D eigenvalue weighted by molar-refractivity contribution is 0.208. The van der Waals surface area contributed by atoms with Crippen LogP contribution >= 0.6 is 0 Å². The van der Waals surface area contributed by atoms with Crippen LogP contribution in [0, 0.1) is 6.92 Å². The van der Waals surface area contributed by atoms with Crippen LogP contribution in [0.3, 0.4) is 0 Å². The van der Waals surface area contributed by atoms with Gasteiger partial charge in [-0.05, 0) is 37.5 Å². The van der Waals surface area contributed by atoms with E-state index in [1.807, 2.05) is 18.3 Å². The molecule has 5 heteroatoms. The van der Waals surface area contributed by atoms with Crippen LogP contribution in [0.2, 0.25) is 0 Å². The number of nitrogens with zero attached hydrogens (tertiary/aromatic N) is 4. The molecule has 1 saturated heterocycles. The van der Waals surface area contributed by atoms with Crippen molar-refractivity contribution in [2.24, 2.45) is 0 Å². The molecular formula is C16H21N5. The summed E-state index contributed by atoms with van der Waals surface area (Å²) in [6.45, 7) is 5.27. The van der Waals surface area contributed by atoms with Crippen LogP contribution in [0.1, 0.15) is 24.1 Å². The number of aromatic nitrogens is 3. The lowest BCUT2D eigenvalue weighted by atomic mass is 10.0. The average Bonchev–Trinajstić information content (AvgIpc) is 2.52. The molecule has 1 N–H and O–H groups in total. The van der Waals surface area contributed by atoms with Gasteiger partial charge in [0.1, 0.15) is 12.1 Å². The van der Waals surface area contributed by atoms with Crippen molar-refractivity contribution >= 4 is 5.82 Å². The van der Waals surface area contributed by atoms with Crippen LogP contribution < -0.4 is 5.32 Å². The number of nitrogens with one attached hydrogen (secondary N) is 1. The monoisotopic (exact) mass is 283 g/mol. The maximum atomic E-state index is 4.48. The van der Waals surface area contributed by atoms with Gasteiger partial charge in [0.25, 0.3) is 0 Å². The number of likely N-dealkylation sites (tertiary alicyclic amines) is 1. The molecule has 2 aromatic rings. The second kappa shape index (κ2) is 6.63. The van der Waals surface area contributed by atoms with E-state index in [2.05, 4.69) is 38.2 Å². The molecule has 0 saturated carbocycles. The van der Waals surface area contributed by atoms with Crippen LogP contribution in [0.4, 0.5) is 5.82 Å². The fraction of sp³-hybridized carbons (Fsp3) is 0.438. The van der Waals surface area contributed by atoms with Gasteiger partial charge in [-0.25, -0.2) is 9.97 Å². The van der Waals surface area contributed by atoms with Crippen molar-refractivity contribution in [1.29, 1.82) is 0 Å². The molecule has 0 amide bonds. The summed E-state index contributed by atoms with van der Waals surface area (Å²) < 4.78 is 0. The van der Waals surface area contributed by atoms with Crippen molar-refractivity contribution < 1.29 is 0 Å². The normalized spacial score (nSPS) is 16.8. The zero-order valence-electron chi connectivity index (χ0n) is 12.4. The summed E-state index contributed by atoms with van der Waals surface area (Å²) in [5.41, 5.74) is 2.47. The van der Waals surface area contributed by atoms with Gasteiger partial charge >= 0.3 is 0 Å². The second-order valence-electron chi connectivity index (χ2n) is 5.56. The van der Waals surface area contributed by atoms with Gasteiger partial charge < -0.3 is 5.32 Å². The molecule has 21 heavy (non-hydrogen) atoms. The van der Waals surface area contributed by atoms with Gasteiger partial charge in [-0.15, -0.1) is 0 Å². The quantitative estimate of drug-likeness (QED) is 0.932. The van der Waals surface area contributed by atoms with E-state index in [9.17, 15) is 0 Å². The van der Waals surface area contributed by atoms with Gasteiger partial charge in [0.15, 0.2) is 0 Å². The third kappa shape index (κ3) is 3.76. The highest BCUT2D eigenvalue weighted by molar-refractivity contribution is 5.33. The van der Waals surface area contributed by atoms with Crippen molar-refractivity contribution in [2.45, 2.75) is 32.4 Å². The first kappa shape index (κ1) is 13.9. The number of pyridine rings is 1. The molecule has 0 radical (unpaired) electrons. The van der Waals surface area contributed by atoms with Gasteiger partial charge in [-0.2, -0.15) is 0 Å². The van der Waals surface area contributed by atoms with Crippen molar-refractivity contribution in [1.82, 2.24) is 19.9 Å². The highest BCUT2D eigenvalue weighted by atomic mass is 15.2. The fourth-order valence-corrected chi connectivity index (χ4v) is 2.72. The minimum Gasteiger partial charge on any atom is -0.367 e. The third-order valence-corrected chi connectivity index (χ3v) is 4.01. The van der Waals surface area contributed by atoms with Crippen LogP contribution in [0.5, 0.6) is 0 Å². The second-order valence-corrected chi connectivity index (χ2v) is 5.56. The molecule has 5 nitrogen and oxygen atoms in total. The molecule has 3 rings (SSSR count). The molecule has 0 spiro atoms. The molecule has 0 unspecified atom stereocenters. The SMILES string of the molecule is Cc1cccnc1CN1CCC(Nc2ccncn2)CC1. The molecule has 1 aliphatic rings. The van der Waals surface area contributed by atoms with Crippen LogP contribution in [0.15, 0.2) is 36.9 Å². The van der Waals surface area contributed by atoms with E-state index in [-0.39, 0.29) is 0 Å². The Labute approximate surface area is 125 Å². The number of hydrogen-bond donors (Lipinski definition) is 1. The van der Waals surface area contributed by atoms with Gasteiger partial charge in [0, 0.05) is 38.1 Å². The Hall–Kier alpha value is -2.01. The summed E-state index contributed by atoms with van der Waals surface area (Å²) in [7, 11) is 0. The van der Waals surface area contributed by atoms with E-state index in [0.29, 0.717) is 6.04 Å². The summed E-state index contributed by atoms with van der Waals surface area (Å²) >= 11 is 0. The molecule has 1 fully saturated rings. The average molecular weight is 283 g/mol. The van der Waals surface area contributed by atoms with Crippen molar-refractivity contribution in [2.75, 3.05) is 18.4 Å². The fourth-order valence-electron chi connectivity index (χ4n) is 2.72. The standard InChI is InChI=1S/C16H21N5/c1-13-3-2-7-18-15(13)11-21-9-5-14(6-10-21)20-16-4-8-17-12-19-16/h2-4,7-8,12,14H,5-6,9-11H2,1H3,(H,17,19,20). The molecule has 110 valence electrons. The zero-order valence-corrected chi connectivity index (χ0v) is 12.4. The summed E-state index contributed by atoms with van der Waals surface area (Å²) in [4.78, 5) is 15.1. The third-order valence-electron chi connectivity index (χ3n) is 4.01. The first-order valence-corrected chi connectivity index (χ1v) is 7.46. The number of aryl methyl sites for hydroxylation is 1. The van der Waals surface area contributed by atoms with Gasteiger partial charge in [0.05, 0.1) is 5.69 Å². The Morgan fingerprint density at radius 1 is 1.19 bits per heavy atom. The van der Waals surface area contributed by atoms with Crippen molar-refractivity contribution in [3.63, 3.8) is 0 Å². The van der Waals surface area contributed by atoms with E-state index < -0.39 is 0 Å². The van der Waals surface area contributed by atoms with E-state index in [0.717, 1.165) is 38.3 Å². The summed E-state index contributed by atoms with van der Waals surface area (Å²) in [5.74, 6) is 0.920. The minimum absolute atomic E-state index is 0.501. The van der Waals surface area contributed by atoms with Crippen LogP contribution in [0.25, 0.3) is 0 Å². The first-order valence-electron chi connectivity index (χ1n) is 7.46. The molecule has 0 atom stereocenters. The highest BCUT2D eigenvalue weighted by Crippen LogP contribution is 2.17. The Balaban J connectivity index is 1.50. The van der Waals surface area contributed by atoms with Crippen molar-refractivity contribution in [3.8, 4) is 0 Å². The predicted molar refractivity (Wildman–Crippen MR) is 82.9 cm³/mol. The molecule has 2 aromatic heterocycles. The Morgan fingerprint density at radius 3 is 2.76 bits per heavy atom. The maximum Gasteiger partial charge on any atom is 0.129 e. The Morgan fingerprint density at radius 2 is 2.05 bits per heavy atom. The van der Waals surface area contributed by atoms with Gasteiger partial charge in [0.2, 0.25) is 0 Å². The number of hydrogen-bond acceptors (Lipinski definition) is 5. The summed E-state index contributed by atoms with van der Waals surface area (Å²) in [6, 6.07) is 6.55. The van der Waals surface area contributed by atoms with E-state index in [1.54, 1.807) is 12.5 Å². The Bertz CT molecular complexity index is 564. The molecule has 0 bridgehead atoms. The lowest BCUT2D eigenvalue weighted by Crippen LogP contribution is -2.39. The highest BCUT2D eigenvalue weighted by Gasteiger charge is 2.20. The van der Waals surface area contributed by atoms with Crippen LogP contribution in [-0.2, 0) is 6.54 Å². The van der Waals surface area contributed by atoms with E-state index in [4.69, 9.17) is 0 Å². The number of anilines is 1. The number of piperidine rings is 1. The van der Waals surface area contributed by atoms with Gasteiger partial charge in [-0.1, -0.05) is 6.07 Å². The summed E-state index contributed by atoms with van der Waals surface area (Å²) in [6.07, 6.45) is 7.51. The molecule has 0 aromatic carbocycles. The lowest BCUT2D eigenvalue weighted by Gasteiger charge is -2.32. The predicted octanol–water partition coefficient (Wildman–Crippen LogP) is 2.26. The largest absolute Gasteiger partial charge is 0.367 e. The zero-order chi connectivity index (χ0) is 14.5. The van der Waals surface area contributed by atoms with Crippen LogP contribution in [-0.4, -0.2) is 39.0 Å². The molecule has 1 aliphatic heterocycles. The van der Waals surface area contributed by atoms with Gasteiger partial charge in [-0.3, -0.25) is 9.88 Å². The topological polar surface area (TPSA) is 53.9 Å². The van der Waals surface area contributed by atoms with Crippen molar-refractivity contribution in [3.05, 3.63) is 48.2 Å².